The zero-order valence-corrected chi connectivity index (χ0v) is 11.5. The number of carbonyl (C=O) groups is 1. The summed E-state index contributed by atoms with van der Waals surface area (Å²) in [5.74, 6) is -4.60. The molecule has 118 valence electrons. The van der Waals surface area contributed by atoms with Gasteiger partial charge in [0.25, 0.3) is 0 Å². The third-order valence-electron chi connectivity index (χ3n) is 3.03. The van der Waals surface area contributed by atoms with Crippen LogP contribution < -0.4 is 4.74 Å². The largest absolute Gasteiger partial charge is 0.425 e. The van der Waals surface area contributed by atoms with E-state index in [-0.39, 0.29) is 11.1 Å². The molecule has 0 radical (unpaired) electrons. The number of aryl methyl sites for hydroxylation is 1. The van der Waals surface area contributed by atoms with E-state index in [1.54, 1.807) is 0 Å². The standard InChI is InChI=1S/C14H10F5NO2/c1-6-7(2)20-9-4-3-8(15)12(16)11(9)13(6)22-10(21)5-14(17,18)19/h3-4H,5H2,1-2H3. The summed E-state index contributed by atoms with van der Waals surface area (Å²) >= 11 is 0. The molecule has 0 spiro atoms. The molecule has 0 saturated carbocycles. The van der Waals surface area contributed by atoms with Gasteiger partial charge in [-0.15, -0.1) is 0 Å². The second-order valence-corrected chi connectivity index (χ2v) is 4.67. The Morgan fingerprint density at radius 3 is 2.45 bits per heavy atom. The summed E-state index contributed by atoms with van der Waals surface area (Å²) in [6.07, 6.45) is -6.58. The minimum Gasteiger partial charge on any atom is -0.425 e. The summed E-state index contributed by atoms with van der Waals surface area (Å²) in [5, 5.41) is -0.460. The Kier molecular flexibility index (Phi) is 4.04. The normalized spacial score (nSPS) is 11.8. The van der Waals surface area contributed by atoms with Gasteiger partial charge >= 0.3 is 12.1 Å². The minimum absolute atomic E-state index is 0.0168. The van der Waals surface area contributed by atoms with Crippen molar-refractivity contribution < 1.29 is 31.5 Å². The zero-order valence-electron chi connectivity index (χ0n) is 11.5. The number of carbonyl (C=O) groups excluding carboxylic acids is 1. The maximum Gasteiger partial charge on any atom is 0.399 e. The highest BCUT2D eigenvalue weighted by Gasteiger charge is 2.33. The second-order valence-electron chi connectivity index (χ2n) is 4.67. The molecule has 0 bridgehead atoms. The van der Waals surface area contributed by atoms with Crippen LogP contribution in [0.5, 0.6) is 5.75 Å². The third-order valence-corrected chi connectivity index (χ3v) is 3.03. The maximum atomic E-state index is 13.9. The molecule has 0 aliphatic carbocycles. The van der Waals surface area contributed by atoms with Gasteiger partial charge in [0, 0.05) is 11.3 Å². The van der Waals surface area contributed by atoms with Gasteiger partial charge < -0.3 is 4.74 Å². The number of hydrogen-bond donors (Lipinski definition) is 0. The van der Waals surface area contributed by atoms with Crippen LogP contribution in [0.1, 0.15) is 17.7 Å². The SMILES string of the molecule is Cc1nc2ccc(F)c(F)c2c(OC(=O)CC(F)(F)F)c1C. The van der Waals surface area contributed by atoms with Crippen LogP contribution in [0.2, 0.25) is 0 Å². The predicted molar refractivity (Wildman–Crippen MR) is 67.4 cm³/mol. The molecule has 0 aliphatic heterocycles. The van der Waals surface area contributed by atoms with Crippen LogP contribution >= 0.6 is 0 Å². The second kappa shape index (κ2) is 5.51. The smallest absolute Gasteiger partial charge is 0.399 e. The number of ether oxygens (including phenoxy) is 1. The fourth-order valence-electron chi connectivity index (χ4n) is 1.91. The molecule has 0 fully saturated rings. The van der Waals surface area contributed by atoms with Crippen molar-refractivity contribution in [3.8, 4) is 5.75 Å². The Bertz CT molecular complexity index is 755. The molecule has 0 amide bonds. The predicted octanol–water partition coefficient (Wildman–Crippen LogP) is 3.99. The van der Waals surface area contributed by atoms with E-state index in [9.17, 15) is 26.7 Å². The van der Waals surface area contributed by atoms with Gasteiger partial charge in [0.05, 0.1) is 10.9 Å². The van der Waals surface area contributed by atoms with Crippen molar-refractivity contribution in [2.75, 3.05) is 0 Å². The Morgan fingerprint density at radius 1 is 1.23 bits per heavy atom. The highest BCUT2D eigenvalue weighted by atomic mass is 19.4. The quantitative estimate of drug-likeness (QED) is 0.621. The topological polar surface area (TPSA) is 39.2 Å². The lowest BCUT2D eigenvalue weighted by Crippen LogP contribution is -2.20. The van der Waals surface area contributed by atoms with Gasteiger partial charge in [-0.1, -0.05) is 0 Å². The van der Waals surface area contributed by atoms with Crippen LogP contribution in [0.3, 0.4) is 0 Å². The number of benzene rings is 1. The minimum atomic E-state index is -4.76. The van der Waals surface area contributed by atoms with Gasteiger partial charge in [-0.2, -0.15) is 13.2 Å². The Balaban J connectivity index is 2.58. The van der Waals surface area contributed by atoms with Gasteiger partial charge in [-0.3, -0.25) is 9.78 Å². The van der Waals surface area contributed by atoms with E-state index in [0.717, 1.165) is 12.1 Å². The molecule has 2 aromatic rings. The van der Waals surface area contributed by atoms with Crippen LogP contribution in [0, 0.1) is 25.5 Å². The monoisotopic (exact) mass is 319 g/mol. The number of fused-ring (bicyclic) bond motifs is 1. The first kappa shape index (κ1) is 16.1. The zero-order chi connectivity index (χ0) is 16.7. The average molecular weight is 319 g/mol. The molecule has 0 unspecified atom stereocenters. The van der Waals surface area contributed by atoms with E-state index in [1.807, 2.05) is 0 Å². The lowest BCUT2D eigenvalue weighted by atomic mass is 10.1. The molecule has 1 aromatic heterocycles. The summed E-state index contributed by atoms with van der Waals surface area (Å²) in [4.78, 5) is 15.4. The fourth-order valence-corrected chi connectivity index (χ4v) is 1.91. The maximum absolute atomic E-state index is 13.9. The molecule has 22 heavy (non-hydrogen) atoms. The van der Waals surface area contributed by atoms with Crippen LogP contribution in [-0.2, 0) is 4.79 Å². The number of hydrogen-bond acceptors (Lipinski definition) is 3. The van der Waals surface area contributed by atoms with Gasteiger partial charge in [-0.25, -0.2) is 8.78 Å². The summed E-state index contributed by atoms with van der Waals surface area (Å²) in [7, 11) is 0. The first-order valence-corrected chi connectivity index (χ1v) is 6.12. The Morgan fingerprint density at radius 2 is 1.86 bits per heavy atom. The lowest BCUT2D eigenvalue weighted by molar-refractivity contribution is -0.163. The van der Waals surface area contributed by atoms with E-state index >= 15 is 0 Å². The van der Waals surface area contributed by atoms with Gasteiger partial charge in [0.15, 0.2) is 11.6 Å². The number of nitrogens with zero attached hydrogens (tertiary/aromatic N) is 1. The van der Waals surface area contributed by atoms with Crippen molar-refractivity contribution >= 4 is 16.9 Å². The molecule has 0 atom stereocenters. The molecule has 1 heterocycles. The highest BCUT2D eigenvalue weighted by Crippen LogP contribution is 2.34. The number of halogens is 5. The average Bonchev–Trinajstić information content (AvgIpc) is 2.37. The van der Waals surface area contributed by atoms with Gasteiger partial charge in [0.1, 0.15) is 12.2 Å². The van der Waals surface area contributed by atoms with Crippen LogP contribution in [0.25, 0.3) is 10.9 Å². The van der Waals surface area contributed by atoms with Crippen LogP contribution in [0.15, 0.2) is 12.1 Å². The number of rotatable bonds is 2. The molecule has 1 aromatic carbocycles. The summed E-state index contributed by atoms with van der Waals surface area (Å²) in [6, 6.07) is 1.99. The van der Waals surface area contributed by atoms with E-state index in [0.29, 0.717) is 5.69 Å². The molecule has 0 saturated heterocycles. The van der Waals surface area contributed by atoms with Crippen LogP contribution in [-0.4, -0.2) is 17.1 Å². The van der Waals surface area contributed by atoms with Crippen molar-refractivity contribution in [1.29, 1.82) is 0 Å². The molecule has 2 rings (SSSR count). The summed E-state index contributed by atoms with van der Waals surface area (Å²) in [6.45, 7) is 2.90. The van der Waals surface area contributed by atoms with Gasteiger partial charge in [-0.05, 0) is 26.0 Å². The number of alkyl halides is 3. The Labute approximate surface area is 121 Å². The van der Waals surface area contributed by atoms with Crippen molar-refractivity contribution in [2.45, 2.75) is 26.4 Å². The van der Waals surface area contributed by atoms with Gasteiger partial charge in [0.2, 0.25) is 0 Å². The van der Waals surface area contributed by atoms with E-state index in [1.165, 1.54) is 13.8 Å². The molecule has 0 aliphatic rings. The Hall–Kier alpha value is -2.25. The molecular weight excluding hydrogens is 309 g/mol. The lowest BCUT2D eigenvalue weighted by Gasteiger charge is -2.14. The summed E-state index contributed by atoms with van der Waals surface area (Å²) in [5.41, 5.74) is 0.470. The van der Waals surface area contributed by atoms with E-state index in [2.05, 4.69) is 9.72 Å². The first-order valence-electron chi connectivity index (χ1n) is 6.12. The molecule has 3 nitrogen and oxygen atoms in total. The highest BCUT2D eigenvalue weighted by molar-refractivity contribution is 5.90. The number of aromatic nitrogens is 1. The fraction of sp³-hybridized carbons (Fsp3) is 0.286. The first-order chi connectivity index (χ1) is 10.1. The number of esters is 1. The van der Waals surface area contributed by atoms with E-state index < -0.39 is 41.3 Å². The van der Waals surface area contributed by atoms with Crippen molar-refractivity contribution in [3.05, 3.63) is 35.0 Å². The van der Waals surface area contributed by atoms with Crippen molar-refractivity contribution in [3.63, 3.8) is 0 Å². The van der Waals surface area contributed by atoms with Crippen LogP contribution in [0.4, 0.5) is 22.0 Å². The van der Waals surface area contributed by atoms with Crippen molar-refractivity contribution in [1.82, 2.24) is 4.98 Å². The van der Waals surface area contributed by atoms with Crippen molar-refractivity contribution in [2.24, 2.45) is 0 Å². The van der Waals surface area contributed by atoms with E-state index in [4.69, 9.17) is 0 Å². The third kappa shape index (κ3) is 3.15. The molecule has 0 N–H and O–H groups in total. The molecular formula is C14H10F5NO2. The number of pyridine rings is 1. The summed E-state index contributed by atoms with van der Waals surface area (Å²) < 4.78 is 68.5. The molecule has 8 heteroatoms.